The third-order valence-electron chi connectivity index (χ3n) is 3.52. The van der Waals surface area contributed by atoms with Crippen molar-refractivity contribution in [2.45, 2.75) is 38.9 Å². The maximum atomic E-state index is 11.0. The fourth-order valence-corrected chi connectivity index (χ4v) is 1.65. The van der Waals surface area contributed by atoms with Gasteiger partial charge < -0.3 is 20.1 Å². The van der Waals surface area contributed by atoms with Crippen LogP contribution < -0.4 is 11.3 Å². The number of nitrogens with zero attached hydrogens (tertiary/aromatic N) is 2. The summed E-state index contributed by atoms with van der Waals surface area (Å²) in [4.78, 5) is 18.7. The topological polar surface area (TPSA) is 108 Å². The van der Waals surface area contributed by atoms with Crippen LogP contribution in [0.2, 0.25) is 0 Å². The number of anilines is 1. The van der Waals surface area contributed by atoms with Gasteiger partial charge >= 0.3 is 13.1 Å². The van der Waals surface area contributed by atoms with Gasteiger partial charge in [0.2, 0.25) is 0 Å². The van der Waals surface area contributed by atoms with Crippen molar-refractivity contribution in [2.75, 3.05) is 5.73 Å². The SMILES string of the molecule is CC1(C)OB(c2cnc(N)c(C(=O)O)n2)OC1(C)C. The molecule has 102 valence electrons. The smallest absolute Gasteiger partial charge is 0.476 e. The van der Waals surface area contributed by atoms with Crippen molar-refractivity contribution in [3.8, 4) is 0 Å². The maximum Gasteiger partial charge on any atom is 0.516 e. The lowest BCUT2D eigenvalue weighted by atomic mass is 9.85. The van der Waals surface area contributed by atoms with Crippen LogP contribution in [0.5, 0.6) is 0 Å². The van der Waals surface area contributed by atoms with E-state index in [1.165, 1.54) is 6.20 Å². The van der Waals surface area contributed by atoms with Gasteiger partial charge in [-0.05, 0) is 27.7 Å². The minimum absolute atomic E-state index is 0.132. The molecule has 0 radical (unpaired) electrons. The first-order chi connectivity index (χ1) is 8.64. The quantitative estimate of drug-likeness (QED) is 0.727. The van der Waals surface area contributed by atoms with Crippen LogP contribution in [-0.2, 0) is 9.31 Å². The first kappa shape index (κ1) is 13.8. The van der Waals surface area contributed by atoms with Crippen LogP contribution in [-0.4, -0.2) is 39.4 Å². The summed E-state index contributed by atoms with van der Waals surface area (Å²) in [6.07, 6.45) is 1.36. The average Bonchev–Trinajstić information content (AvgIpc) is 2.48. The summed E-state index contributed by atoms with van der Waals surface area (Å²) >= 11 is 0. The largest absolute Gasteiger partial charge is 0.516 e. The zero-order valence-corrected chi connectivity index (χ0v) is 11.3. The van der Waals surface area contributed by atoms with E-state index in [1.54, 1.807) is 0 Å². The van der Waals surface area contributed by atoms with E-state index in [2.05, 4.69) is 9.97 Å². The van der Waals surface area contributed by atoms with Crippen molar-refractivity contribution >= 4 is 24.5 Å². The Labute approximate surface area is 111 Å². The van der Waals surface area contributed by atoms with Gasteiger partial charge in [0.25, 0.3) is 0 Å². The van der Waals surface area contributed by atoms with Crippen LogP contribution in [0.25, 0.3) is 0 Å². The Balaban J connectivity index is 2.35. The molecule has 7 nitrogen and oxygen atoms in total. The van der Waals surface area contributed by atoms with Gasteiger partial charge in [-0.25, -0.2) is 14.8 Å². The summed E-state index contributed by atoms with van der Waals surface area (Å²) in [5.41, 5.74) is 4.41. The highest BCUT2D eigenvalue weighted by atomic mass is 16.7. The molecule has 1 aliphatic heterocycles. The molecular formula is C11H16BN3O4. The molecule has 1 fully saturated rings. The van der Waals surface area contributed by atoms with Gasteiger partial charge in [0.15, 0.2) is 11.5 Å². The number of hydrogen-bond donors (Lipinski definition) is 2. The number of carboxylic acid groups (broad SMARTS) is 1. The summed E-state index contributed by atoms with van der Waals surface area (Å²) in [7, 11) is -0.754. The molecule has 0 spiro atoms. The van der Waals surface area contributed by atoms with E-state index in [0.29, 0.717) is 5.59 Å². The second kappa shape index (κ2) is 4.17. The molecule has 0 saturated carbocycles. The molecule has 0 unspecified atom stereocenters. The maximum absolute atomic E-state index is 11.0. The van der Waals surface area contributed by atoms with Crippen LogP contribution >= 0.6 is 0 Å². The van der Waals surface area contributed by atoms with E-state index >= 15 is 0 Å². The molecule has 8 heteroatoms. The summed E-state index contributed by atoms with van der Waals surface area (Å²) in [6, 6.07) is 0. The standard InChI is InChI=1S/C11H16BN3O4/c1-10(2)11(3,4)19-12(18-10)6-5-14-8(13)7(15-6)9(16)17/h5H,1-4H3,(H2,13,14)(H,16,17). The lowest BCUT2D eigenvalue weighted by molar-refractivity contribution is 0.00578. The van der Waals surface area contributed by atoms with E-state index in [4.69, 9.17) is 20.1 Å². The number of aromatic carboxylic acids is 1. The highest BCUT2D eigenvalue weighted by molar-refractivity contribution is 6.61. The molecule has 0 atom stereocenters. The molecular weight excluding hydrogens is 249 g/mol. The normalized spacial score (nSPS) is 20.5. The molecule has 1 aromatic heterocycles. The molecule has 1 aliphatic rings. The summed E-state index contributed by atoms with van der Waals surface area (Å²) in [6.45, 7) is 7.59. The predicted octanol–water partition coefficient (Wildman–Crippen LogP) is 0.0562. The number of nitrogens with two attached hydrogens (primary N) is 1. The molecule has 2 heterocycles. The van der Waals surface area contributed by atoms with E-state index < -0.39 is 24.3 Å². The van der Waals surface area contributed by atoms with Crippen molar-refractivity contribution in [2.24, 2.45) is 0 Å². The summed E-state index contributed by atoms with van der Waals surface area (Å²) < 4.78 is 11.5. The Hall–Kier alpha value is -1.67. The second-order valence-corrected chi connectivity index (χ2v) is 5.42. The Morgan fingerprint density at radius 2 is 1.84 bits per heavy atom. The van der Waals surface area contributed by atoms with Gasteiger partial charge in [-0.3, -0.25) is 0 Å². The van der Waals surface area contributed by atoms with Gasteiger partial charge in [-0.2, -0.15) is 0 Å². The van der Waals surface area contributed by atoms with Crippen molar-refractivity contribution in [3.05, 3.63) is 11.9 Å². The Morgan fingerprint density at radius 1 is 1.32 bits per heavy atom. The van der Waals surface area contributed by atoms with E-state index in [1.807, 2.05) is 27.7 Å². The number of aromatic nitrogens is 2. The fraction of sp³-hybridized carbons (Fsp3) is 0.545. The van der Waals surface area contributed by atoms with Crippen LogP contribution in [0, 0.1) is 0 Å². The first-order valence-corrected chi connectivity index (χ1v) is 5.85. The monoisotopic (exact) mass is 265 g/mol. The number of carboxylic acids is 1. The zero-order valence-electron chi connectivity index (χ0n) is 11.3. The lowest BCUT2D eigenvalue weighted by Crippen LogP contribution is -2.41. The molecule has 1 aromatic rings. The predicted molar refractivity (Wildman–Crippen MR) is 69.1 cm³/mol. The van der Waals surface area contributed by atoms with E-state index in [9.17, 15) is 4.79 Å². The zero-order chi connectivity index (χ0) is 14.4. The second-order valence-electron chi connectivity index (χ2n) is 5.42. The fourth-order valence-electron chi connectivity index (χ4n) is 1.65. The minimum atomic E-state index is -1.23. The van der Waals surface area contributed by atoms with Gasteiger partial charge in [-0.1, -0.05) is 0 Å². The van der Waals surface area contributed by atoms with Gasteiger partial charge in [0, 0.05) is 6.20 Å². The van der Waals surface area contributed by atoms with Crippen molar-refractivity contribution < 1.29 is 19.2 Å². The number of hydrogen-bond acceptors (Lipinski definition) is 6. The summed E-state index contributed by atoms with van der Waals surface area (Å²) in [5.74, 6) is -1.36. The highest BCUT2D eigenvalue weighted by Gasteiger charge is 2.52. The molecule has 19 heavy (non-hydrogen) atoms. The van der Waals surface area contributed by atoms with Crippen LogP contribution in [0.1, 0.15) is 38.2 Å². The van der Waals surface area contributed by atoms with E-state index in [0.717, 1.165) is 0 Å². The molecule has 0 aromatic carbocycles. The molecule has 0 amide bonds. The van der Waals surface area contributed by atoms with Crippen LogP contribution in [0.15, 0.2) is 6.20 Å². The lowest BCUT2D eigenvalue weighted by Gasteiger charge is -2.32. The third kappa shape index (κ3) is 2.28. The molecule has 0 aliphatic carbocycles. The third-order valence-corrected chi connectivity index (χ3v) is 3.52. The van der Waals surface area contributed by atoms with E-state index in [-0.39, 0.29) is 11.5 Å². The molecule has 1 saturated heterocycles. The number of nitrogen functional groups attached to an aromatic ring is 1. The van der Waals surface area contributed by atoms with Gasteiger partial charge in [0.1, 0.15) is 0 Å². The Bertz CT molecular complexity index is 517. The van der Waals surface area contributed by atoms with Crippen LogP contribution in [0.3, 0.4) is 0 Å². The molecule has 3 N–H and O–H groups in total. The number of rotatable bonds is 2. The Kier molecular flexibility index (Phi) is 3.02. The van der Waals surface area contributed by atoms with Crippen molar-refractivity contribution in [1.82, 2.24) is 9.97 Å². The van der Waals surface area contributed by atoms with Crippen molar-refractivity contribution in [3.63, 3.8) is 0 Å². The van der Waals surface area contributed by atoms with Gasteiger partial charge in [0.05, 0.1) is 16.8 Å². The number of carbonyl (C=O) groups is 1. The highest BCUT2D eigenvalue weighted by Crippen LogP contribution is 2.36. The molecule has 2 rings (SSSR count). The summed E-state index contributed by atoms with van der Waals surface area (Å²) in [5, 5.41) is 8.97. The average molecular weight is 265 g/mol. The Morgan fingerprint density at radius 3 is 2.32 bits per heavy atom. The minimum Gasteiger partial charge on any atom is -0.476 e. The van der Waals surface area contributed by atoms with Crippen LogP contribution in [0.4, 0.5) is 5.82 Å². The van der Waals surface area contributed by atoms with Crippen molar-refractivity contribution in [1.29, 1.82) is 0 Å². The van der Waals surface area contributed by atoms with Gasteiger partial charge in [-0.15, -0.1) is 0 Å². The first-order valence-electron chi connectivity index (χ1n) is 5.85. The molecule has 0 bridgehead atoms.